The molecule has 59 heavy (non-hydrogen) atoms. The summed E-state index contributed by atoms with van der Waals surface area (Å²) >= 11 is 0. The molecule has 0 saturated heterocycles. The molecule has 10 nitrogen and oxygen atoms in total. The number of aromatic nitrogens is 4. The minimum atomic E-state index is -5.17. The zero-order chi connectivity index (χ0) is 43.0. The standard InChI is InChI=1S/C43H41F6N5O5/c1-8-26-18(2)28-16-33-35(22(6)55)20(4)30(51-33)14-29-19(3)27(9-10-34(56)59-7)38(52-29)37-39-36(21(5)31(53-39)15-32(26)50-28)40(57)54(41(37)58)17-23-11-24(42(44,45)46)13-25(12-23)43(47,48)49/h11-16,18-19,26-27,51,53H,8-10,17H2,1-7H3/t18?,19-,26?,27-/m0/s1. The first-order chi connectivity index (χ1) is 27.6. The monoisotopic (exact) mass is 821 g/mol. The van der Waals surface area contributed by atoms with Crippen LogP contribution in [0.2, 0.25) is 0 Å². The maximum absolute atomic E-state index is 14.9. The molecule has 6 heterocycles. The molecular formula is C43H41F6N5O5. The molecule has 3 aliphatic rings. The normalized spacial score (nSPS) is 19.4. The minimum absolute atomic E-state index is 0.0105. The fourth-order valence-corrected chi connectivity index (χ4v) is 8.74. The zero-order valence-electron chi connectivity index (χ0n) is 33.3. The van der Waals surface area contributed by atoms with Crippen LogP contribution in [0.15, 0.2) is 36.4 Å². The van der Waals surface area contributed by atoms with Crippen LogP contribution >= 0.6 is 0 Å². The number of hydrogen-bond acceptors (Lipinski definition) is 7. The van der Waals surface area contributed by atoms with Crippen molar-refractivity contribution >= 4 is 45.6 Å². The van der Waals surface area contributed by atoms with Crippen molar-refractivity contribution in [2.45, 2.75) is 103 Å². The van der Waals surface area contributed by atoms with Gasteiger partial charge >= 0.3 is 18.3 Å². The average molecular weight is 822 g/mol. The third-order valence-electron chi connectivity index (χ3n) is 12.0. The van der Waals surface area contributed by atoms with E-state index in [1.807, 2.05) is 26.8 Å². The molecule has 3 aliphatic heterocycles. The van der Waals surface area contributed by atoms with E-state index < -0.39 is 65.2 Å². The van der Waals surface area contributed by atoms with Crippen LogP contribution in [0.4, 0.5) is 26.3 Å². The Hall–Kier alpha value is -5.80. The van der Waals surface area contributed by atoms with Crippen molar-refractivity contribution in [1.29, 1.82) is 0 Å². The third kappa shape index (κ3) is 7.20. The summed E-state index contributed by atoms with van der Waals surface area (Å²) in [5, 5.41) is 0. The number of ketones is 1. The number of methoxy groups -OCH3 is 1. The highest BCUT2D eigenvalue weighted by atomic mass is 19.4. The summed E-state index contributed by atoms with van der Waals surface area (Å²) in [6.07, 6.45) is -9.63. The van der Waals surface area contributed by atoms with Gasteiger partial charge < -0.3 is 14.7 Å². The summed E-state index contributed by atoms with van der Waals surface area (Å²) in [5.41, 5.74) is 1.14. The van der Waals surface area contributed by atoms with Gasteiger partial charge in [0, 0.05) is 63.8 Å². The van der Waals surface area contributed by atoms with Gasteiger partial charge in [0.05, 0.1) is 52.6 Å². The van der Waals surface area contributed by atoms with Crippen LogP contribution in [0.1, 0.15) is 152 Å². The molecule has 0 spiro atoms. The predicted molar refractivity (Wildman–Crippen MR) is 205 cm³/mol. The van der Waals surface area contributed by atoms with Crippen molar-refractivity contribution in [2.24, 2.45) is 0 Å². The number of benzene rings is 1. The second kappa shape index (κ2) is 14.8. The van der Waals surface area contributed by atoms with Gasteiger partial charge in [-0.25, -0.2) is 0 Å². The Morgan fingerprint density at radius 1 is 0.763 bits per heavy atom. The summed E-state index contributed by atoms with van der Waals surface area (Å²) in [6.45, 7) is 9.82. The SMILES string of the molecule is CCC1c2cc3[nH]c4c(c5nc(cc6[nH]c(cc(n2)C1C)c(C(C)=O)c6C)[C@@H](C)[C@@H]5CCC(=O)OC)C(=O)N(Cc1cc(C(F)(F)F)cc(C(F)(F)F)c1)C(=O)c4c3C. The van der Waals surface area contributed by atoms with E-state index in [2.05, 4.69) is 9.97 Å². The molecule has 310 valence electrons. The van der Waals surface area contributed by atoms with E-state index in [-0.39, 0.29) is 58.9 Å². The zero-order valence-corrected chi connectivity index (χ0v) is 33.3. The van der Waals surface area contributed by atoms with E-state index in [1.165, 1.54) is 14.0 Å². The quantitative estimate of drug-likeness (QED) is 0.0819. The largest absolute Gasteiger partial charge is 0.469 e. The van der Waals surface area contributed by atoms with E-state index >= 15 is 0 Å². The Morgan fingerprint density at radius 2 is 1.32 bits per heavy atom. The number of ether oxygens (including phenoxy) is 1. The van der Waals surface area contributed by atoms with Crippen LogP contribution in [0.25, 0.3) is 22.1 Å². The number of nitrogens with one attached hydrogen (secondary N) is 2. The van der Waals surface area contributed by atoms with Gasteiger partial charge in [0.15, 0.2) is 5.78 Å². The first-order valence-corrected chi connectivity index (χ1v) is 19.1. The maximum atomic E-state index is 14.9. The van der Waals surface area contributed by atoms with Crippen LogP contribution in [0.3, 0.4) is 0 Å². The maximum Gasteiger partial charge on any atom is 0.416 e. The Bertz CT molecular complexity index is 2590. The number of hydrogen-bond donors (Lipinski definition) is 2. The molecule has 2 unspecified atom stereocenters. The number of H-pyrrole nitrogens is 2. The molecule has 4 aromatic rings. The van der Waals surface area contributed by atoms with E-state index in [1.54, 1.807) is 26.0 Å². The van der Waals surface area contributed by atoms with Crippen molar-refractivity contribution in [3.63, 3.8) is 0 Å². The topological polar surface area (TPSA) is 138 Å². The molecule has 1 aromatic carbocycles. The Balaban J connectivity index is 1.58. The average Bonchev–Trinajstić information content (AvgIpc) is 3.84. The van der Waals surface area contributed by atoms with Gasteiger partial charge in [-0.1, -0.05) is 20.8 Å². The lowest BCUT2D eigenvalue weighted by Crippen LogP contribution is -2.40. The van der Waals surface area contributed by atoms with Crippen LogP contribution in [-0.4, -0.2) is 55.5 Å². The number of imide groups is 1. The minimum Gasteiger partial charge on any atom is -0.469 e. The number of halogens is 6. The number of aryl methyl sites for hydroxylation is 2. The summed E-state index contributed by atoms with van der Waals surface area (Å²) in [5.74, 6) is -3.98. The molecule has 2 amide bonds. The first-order valence-electron chi connectivity index (χ1n) is 19.1. The Morgan fingerprint density at radius 3 is 1.92 bits per heavy atom. The number of aromatic amines is 2. The molecule has 0 radical (unpaired) electrons. The lowest BCUT2D eigenvalue weighted by molar-refractivity contribution is -0.143. The lowest BCUT2D eigenvalue weighted by Gasteiger charge is -2.27. The molecule has 0 fully saturated rings. The highest BCUT2D eigenvalue weighted by Gasteiger charge is 2.43. The molecule has 16 heteroatoms. The van der Waals surface area contributed by atoms with Gasteiger partial charge in [-0.3, -0.25) is 34.0 Å². The molecule has 0 aliphatic carbocycles. The van der Waals surface area contributed by atoms with Gasteiger partial charge in [-0.05, 0) is 86.7 Å². The van der Waals surface area contributed by atoms with Gasteiger partial charge in [0.1, 0.15) is 0 Å². The smallest absolute Gasteiger partial charge is 0.416 e. The van der Waals surface area contributed by atoms with E-state index in [9.17, 15) is 45.5 Å². The number of alkyl halides is 6. The van der Waals surface area contributed by atoms with Crippen LogP contribution < -0.4 is 0 Å². The molecule has 3 aromatic heterocycles. The molecule has 2 N–H and O–H groups in total. The van der Waals surface area contributed by atoms with Crippen molar-refractivity contribution in [3.05, 3.63) is 104 Å². The molecule has 8 bridgehead atoms. The van der Waals surface area contributed by atoms with E-state index in [0.717, 1.165) is 0 Å². The lowest BCUT2D eigenvalue weighted by atomic mass is 9.84. The number of Topliss-reactive ketones (excluding diaryl/α,β-unsaturated/α-hetero) is 1. The van der Waals surface area contributed by atoms with Crippen molar-refractivity contribution in [2.75, 3.05) is 7.11 Å². The van der Waals surface area contributed by atoms with Crippen molar-refractivity contribution in [3.8, 4) is 0 Å². The second-order valence-corrected chi connectivity index (χ2v) is 15.5. The highest BCUT2D eigenvalue weighted by molar-refractivity contribution is 6.23. The number of amides is 2. The van der Waals surface area contributed by atoms with Crippen molar-refractivity contribution in [1.82, 2.24) is 24.8 Å². The molecule has 4 atom stereocenters. The van der Waals surface area contributed by atoms with Crippen LogP contribution in [0, 0.1) is 13.8 Å². The van der Waals surface area contributed by atoms with E-state index in [0.29, 0.717) is 73.8 Å². The molecule has 0 saturated carbocycles. The van der Waals surface area contributed by atoms with Crippen LogP contribution in [-0.2, 0) is 28.4 Å². The Labute approximate surface area is 334 Å². The Kier molecular flexibility index (Phi) is 10.4. The third-order valence-corrected chi connectivity index (χ3v) is 12.0. The highest BCUT2D eigenvalue weighted by Crippen LogP contribution is 2.45. The first kappa shape index (κ1) is 41.4. The second-order valence-electron chi connectivity index (χ2n) is 15.5. The van der Waals surface area contributed by atoms with Gasteiger partial charge in [-0.15, -0.1) is 0 Å². The van der Waals surface area contributed by atoms with E-state index in [4.69, 9.17) is 14.7 Å². The summed E-state index contributed by atoms with van der Waals surface area (Å²) in [7, 11) is 1.23. The van der Waals surface area contributed by atoms with Gasteiger partial charge in [0.25, 0.3) is 11.8 Å². The number of carbonyl (C=O) groups excluding carboxylic acids is 4. The van der Waals surface area contributed by atoms with Crippen LogP contribution in [0.5, 0.6) is 0 Å². The number of carbonyl (C=O) groups is 4. The van der Waals surface area contributed by atoms with Crippen molar-refractivity contribution < 1.29 is 50.3 Å². The molecular weight excluding hydrogens is 780 g/mol. The number of fused-ring (bicyclic) bond motifs is 8. The summed E-state index contributed by atoms with van der Waals surface area (Å²) < 4.78 is 88.6. The number of nitrogens with zero attached hydrogens (tertiary/aromatic N) is 3. The number of rotatable bonds is 7. The molecule has 7 rings (SSSR count). The van der Waals surface area contributed by atoms with Gasteiger partial charge in [-0.2, -0.15) is 26.3 Å². The van der Waals surface area contributed by atoms with Gasteiger partial charge in [0.2, 0.25) is 0 Å². The fourth-order valence-electron chi connectivity index (χ4n) is 8.74. The summed E-state index contributed by atoms with van der Waals surface area (Å²) in [6, 6.07) is 6.33. The fraction of sp³-hybridized carbons (Fsp3) is 0.395. The summed E-state index contributed by atoms with van der Waals surface area (Å²) in [4.78, 5) is 72.2. The predicted octanol–water partition coefficient (Wildman–Crippen LogP) is 10.1. The number of esters is 1.